The molecule has 1 N–H and O–H groups in total. The van der Waals surface area contributed by atoms with Crippen molar-refractivity contribution in [2.45, 2.75) is 31.5 Å². The van der Waals surface area contributed by atoms with Crippen LogP contribution in [-0.2, 0) is 11.0 Å². The molecule has 1 amide bonds. The summed E-state index contributed by atoms with van der Waals surface area (Å²) in [5.74, 6) is -1.62. The molecule has 26 heavy (non-hydrogen) atoms. The van der Waals surface area contributed by atoms with Crippen molar-refractivity contribution in [1.29, 1.82) is 0 Å². The number of hydrogen-bond acceptors (Lipinski definition) is 5. The van der Waals surface area contributed by atoms with Crippen LogP contribution in [0.3, 0.4) is 0 Å². The van der Waals surface area contributed by atoms with Gasteiger partial charge in [-0.3, -0.25) is 4.79 Å². The summed E-state index contributed by atoms with van der Waals surface area (Å²) in [5, 5.41) is 16.6. The Labute approximate surface area is 145 Å². The van der Waals surface area contributed by atoms with E-state index in [2.05, 4.69) is 15.3 Å². The monoisotopic (exact) mass is 369 g/mol. The van der Waals surface area contributed by atoms with E-state index in [1.807, 2.05) is 0 Å². The third-order valence-electron chi connectivity index (χ3n) is 4.07. The van der Waals surface area contributed by atoms with E-state index in [0.717, 1.165) is 16.8 Å². The Bertz CT molecular complexity index is 819. The van der Waals surface area contributed by atoms with E-state index in [1.54, 1.807) is 0 Å². The van der Waals surface area contributed by atoms with Gasteiger partial charge in [-0.2, -0.15) is 13.2 Å². The molecule has 138 valence electrons. The number of pyridine rings is 1. The normalized spacial score (nSPS) is 18.0. The van der Waals surface area contributed by atoms with Crippen molar-refractivity contribution in [3.8, 4) is 5.82 Å². The van der Waals surface area contributed by atoms with Gasteiger partial charge in [0.05, 0.1) is 11.8 Å². The lowest BCUT2D eigenvalue weighted by Crippen LogP contribution is -2.48. The van der Waals surface area contributed by atoms with Gasteiger partial charge in [0.1, 0.15) is 6.04 Å². The van der Waals surface area contributed by atoms with Crippen LogP contribution in [0.5, 0.6) is 0 Å². The maximum atomic E-state index is 12.6. The third-order valence-corrected chi connectivity index (χ3v) is 4.07. The number of nitrogens with zero attached hydrogens (tertiary/aromatic N) is 5. The number of rotatable bonds is 3. The van der Waals surface area contributed by atoms with Crippen molar-refractivity contribution in [2.24, 2.45) is 0 Å². The molecule has 2 aromatic rings. The average molecular weight is 369 g/mol. The Kier molecular flexibility index (Phi) is 4.62. The highest BCUT2D eigenvalue weighted by atomic mass is 19.4. The van der Waals surface area contributed by atoms with Crippen LogP contribution in [0.25, 0.3) is 5.82 Å². The summed E-state index contributed by atoms with van der Waals surface area (Å²) in [6.45, 7) is 0.293. The first-order valence-corrected chi connectivity index (χ1v) is 7.77. The number of amides is 1. The van der Waals surface area contributed by atoms with Crippen molar-refractivity contribution in [1.82, 2.24) is 24.9 Å². The van der Waals surface area contributed by atoms with E-state index in [-0.39, 0.29) is 11.5 Å². The Morgan fingerprint density at radius 2 is 2.00 bits per heavy atom. The van der Waals surface area contributed by atoms with Crippen LogP contribution in [0.15, 0.2) is 24.5 Å². The predicted molar refractivity (Wildman–Crippen MR) is 80.5 cm³/mol. The lowest BCUT2D eigenvalue weighted by molar-refractivity contribution is -0.143. The van der Waals surface area contributed by atoms with Gasteiger partial charge >= 0.3 is 12.1 Å². The van der Waals surface area contributed by atoms with Gasteiger partial charge in [-0.1, -0.05) is 5.21 Å². The van der Waals surface area contributed by atoms with Crippen LogP contribution in [0.2, 0.25) is 0 Å². The van der Waals surface area contributed by atoms with E-state index in [9.17, 15) is 27.9 Å². The average Bonchev–Trinajstić information content (AvgIpc) is 3.10. The molecule has 8 nitrogen and oxygen atoms in total. The van der Waals surface area contributed by atoms with Crippen molar-refractivity contribution in [3.63, 3.8) is 0 Å². The predicted octanol–water partition coefficient (Wildman–Crippen LogP) is 1.76. The number of halogens is 3. The molecule has 1 saturated heterocycles. The summed E-state index contributed by atoms with van der Waals surface area (Å²) in [7, 11) is 0. The molecule has 3 heterocycles. The molecule has 0 aromatic carbocycles. The minimum atomic E-state index is -4.50. The number of carbonyl (C=O) groups excluding carboxylic acids is 1. The van der Waals surface area contributed by atoms with Gasteiger partial charge in [0.25, 0.3) is 5.91 Å². The maximum Gasteiger partial charge on any atom is 0.417 e. The van der Waals surface area contributed by atoms with Crippen LogP contribution in [0, 0.1) is 0 Å². The van der Waals surface area contributed by atoms with E-state index < -0.39 is 29.7 Å². The van der Waals surface area contributed by atoms with Crippen LogP contribution in [-0.4, -0.2) is 54.4 Å². The lowest BCUT2D eigenvalue weighted by Gasteiger charge is -2.32. The van der Waals surface area contributed by atoms with Gasteiger partial charge in [0.2, 0.25) is 0 Å². The number of hydrogen-bond donors (Lipinski definition) is 1. The van der Waals surface area contributed by atoms with Crippen molar-refractivity contribution in [2.75, 3.05) is 6.54 Å². The maximum absolute atomic E-state index is 12.6. The first-order valence-electron chi connectivity index (χ1n) is 7.77. The zero-order chi connectivity index (χ0) is 18.9. The Morgan fingerprint density at radius 1 is 1.23 bits per heavy atom. The van der Waals surface area contributed by atoms with Gasteiger partial charge < -0.3 is 10.0 Å². The number of likely N-dealkylation sites (tertiary alicyclic amines) is 1. The summed E-state index contributed by atoms with van der Waals surface area (Å²) in [6, 6.07) is 1.02. The summed E-state index contributed by atoms with van der Waals surface area (Å²) < 4.78 is 38.8. The second kappa shape index (κ2) is 6.73. The highest BCUT2D eigenvalue weighted by molar-refractivity contribution is 5.94. The number of carbonyl (C=O) groups is 2. The first-order chi connectivity index (χ1) is 12.3. The number of piperidine rings is 1. The molecule has 1 aliphatic rings. The molecule has 0 saturated carbocycles. The number of aliphatic carboxylic acids is 1. The second-order valence-corrected chi connectivity index (χ2v) is 5.80. The quantitative estimate of drug-likeness (QED) is 0.885. The van der Waals surface area contributed by atoms with Crippen molar-refractivity contribution < 1.29 is 27.9 Å². The molecule has 0 radical (unpaired) electrons. The number of aromatic nitrogens is 4. The molecule has 3 rings (SSSR count). The van der Waals surface area contributed by atoms with Crippen molar-refractivity contribution in [3.05, 3.63) is 35.8 Å². The lowest BCUT2D eigenvalue weighted by atomic mass is 10.0. The molecular weight excluding hydrogens is 355 g/mol. The molecule has 1 unspecified atom stereocenters. The second-order valence-electron chi connectivity index (χ2n) is 5.80. The van der Waals surface area contributed by atoms with Gasteiger partial charge in [0.15, 0.2) is 11.5 Å². The van der Waals surface area contributed by atoms with Crippen LogP contribution in [0.4, 0.5) is 13.2 Å². The summed E-state index contributed by atoms with van der Waals surface area (Å²) >= 11 is 0. The number of carboxylic acids is 1. The molecule has 2 aromatic heterocycles. The van der Waals surface area contributed by atoms with Gasteiger partial charge in [-0.05, 0) is 31.4 Å². The first kappa shape index (κ1) is 17.8. The minimum absolute atomic E-state index is 0.0537. The zero-order valence-corrected chi connectivity index (χ0v) is 13.3. The molecule has 1 aliphatic heterocycles. The zero-order valence-electron chi connectivity index (χ0n) is 13.3. The smallest absolute Gasteiger partial charge is 0.417 e. The molecule has 0 bridgehead atoms. The molecule has 1 atom stereocenters. The third kappa shape index (κ3) is 3.51. The minimum Gasteiger partial charge on any atom is -0.480 e. The molecular formula is C15H14F3N5O3. The van der Waals surface area contributed by atoms with E-state index in [1.165, 1.54) is 11.1 Å². The highest BCUT2D eigenvalue weighted by Crippen LogP contribution is 2.28. The largest absolute Gasteiger partial charge is 0.480 e. The molecule has 11 heteroatoms. The SMILES string of the molecule is O=C(O)C1CCCCN1C(=O)c1cn(-c2ccc(C(F)(F)F)cn2)nn1. The highest BCUT2D eigenvalue weighted by Gasteiger charge is 2.34. The Balaban J connectivity index is 1.81. The number of carboxylic acid groups (broad SMARTS) is 1. The van der Waals surface area contributed by atoms with Crippen molar-refractivity contribution >= 4 is 11.9 Å². The molecule has 1 fully saturated rings. The topological polar surface area (TPSA) is 101 Å². The fraction of sp³-hybridized carbons (Fsp3) is 0.400. The Hall–Kier alpha value is -2.98. The van der Waals surface area contributed by atoms with Gasteiger partial charge in [-0.25, -0.2) is 14.5 Å². The summed E-state index contributed by atoms with van der Waals surface area (Å²) in [6.07, 6.45) is -0.882. The van der Waals surface area contributed by atoms with E-state index in [0.29, 0.717) is 32.0 Å². The van der Waals surface area contributed by atoms with E-state index in [4.69, 9.17) is 0 Å². The molecule has 0 spiro atoms. The fourth-order valence-electron chi connectivity index (χ4n) is 2.74. The fourth-order valence-corrected chi connectivity index (χ4v) is 2.74. The summed E-state index contributed by atoms with van der Waals surface area (Å²) in [4.78, 5) is 28.7. The van der Waals surface area contributed by atoms with E-state index >= 15 is 0 Å². The van der Waals surface area contributed by atoms with Crippen LogP contribution < -0.4 is 0 Å². The van der Waals surface area contributed by atoms with Gasteiger partial charge in [-0.15, -0.1) is 5.10 Å². The van der Waals surface area contributed by atoms with Crippen LogP contribution >= 0.6 is 0 Å². The number of alkyl halides is 3. The summed E-state index contributed by atoms with van der Waals surface area (Å²) in [5.41, 5.74) is -1.00. The standard InChI is InChI=1S/C15H14F3N5O3/c16-15(17,18)9-4-5-12(19-7-9)23-8-10(20-21-23)13(24)22-6-2-1-3-11(22)14(25)26/h4-5,7-8,11H,1-3,6H2,(H,25,26). The Morgan fingerprint density at radius 3 is 2.62 bits per heavy atom. The van der Waals surface area contributed by atoms with Crippen LogP contribution in [0.1, 0.15) is 35.3 Å². The molecule has 0 aliphatic carbocycles. The van der Waals surface area contributed by atoms with Gasteiger partial charge in [0, 0.05) is 12.7 Å².